The number of rotatable bonds is 4. The van der Waals surface area contributed by atoms with Gasteiger partial charge in [-0.05, 0) is 33.1 Å². The molecular formula is C12H23N3O2. The standard InChI is InChI=1S/C12H23N3O2/c1-8(13)3-6-11(16)15-7-10(12(14)17)5-4-9(15)2/h8-10H,3-7,13H2,1-2H3,(H2,14,17). The summed E-state index contributed by atoms with van der Waals surface area (Å²) in [5.74, 6) is -0.409. The molecule has 1 fully saturated rings. The van der Waals surface area contributed by atoms with Gasteiger partial charge in [0.25, 0.3) is 0 Å². The molecule has 0 aromatic rings. The molecule has 0 aromatic carbocycles. The van der Waals surface area contributed by atoms with E-state index in [1.54, 1.807) is 4.90 Å². The number of amides is 2. The van der Waals surface area contributed by atoms with Crippen LogP contribution in [-0.4, -0.2) is 35.3 Å². The SMILES string of the molecule is CC(N)CCC(=O)N1CC(C(N)=O)CCC1C. The molecule has 3 unspecified atom stereocenters. The number of carbonyl (C=O) groups excluding carboxylic acids is 2. The Kier molecular flexibility index (Phi) is 4.93. The largest absolute Gasteiger partial charge is 0.369 e. The summed E-state index contributed by atoms with van der Waals surface area (Å²) in [4.78, 5) is 24.9. The molecule has 0 aromatic heterocycles. The maximum Gasteiger partial charge on any atom is 0.222 e. The number of primary amides is 1. The summed E-state index contributed by atoms with van der Waals surface area (Å²) >= 11 is 0. The van der Waals surface area contributed by atoms with Crippen molar-refractivity contribution in [2.75, 3.05) is 6.54 Å². The van der Waals surface area contributed by atoms with Crippen LogP contribution in [0.15, 0.2) is 0 Å². The summed E-state index contributed by atoms with van der Waals surface area (Å²) in [6.07, 6.45) is 2.77. The normalized spacial score (nSPS) is 26.6. The quantitative estimate of drug-likeness (QED) is 0.738. The average Bonchev–Trinajstić information content (AvgIpc) is 2.26. The zero-order chi connectivity index (χ0) is 13.0. The number of hydrogen-bond donors (Lipinski definition) is 2. The van der Waals surface area contributed by atoms with Crippen molar-refractivity contribution in [2.45, 2.75) is 51.6 Å². The molecule has 1 aliphatic rings. The molecule has 0 saturated carbocycles. The van der Waals surface area contributed by atoms with Crippen LogP contribution in [0.5, 0.6) is 0 Å². The number of hydrogen-bond acceptors (Lipinski definition) is 3. The maximum absolute atomic E-state index is 12.0. The lowest BCUT2D eigenvalue weighted by molar-refractivity contribution is -0.137. The Morgan fingerprint density at radius 3 is 2.59 bits per heavy atom. The number of carbonyl (C=O) groups is 2. The Balaban J connectivity index is 2.54. The van der Waals surface area contributed by atoms with Gasteiger partial charge in [-0.15, -0.1) is 0 Å². The van der Waals surface area contributed by atoms with Crippen molar-refractivity contribution in [3.05, 3.63) is 0 Å². The van der Waals surface area contributed by atoms with E-state index in [9.17, 15) is 9.59 Å². The van der Waals surface area contributed by atoms with Gasteiger partial charge in [-0.1, -0.05) is 0 Å². The monoisotopic (exact) mass is 241 g/mol. The fourth-order valence-electron chi connectivity index (χ4n) is 2.18. The Morgan fingerprint density at radius 2 is 2.06 bits per heavy atom. The second-order valence-corrected chi connectivity index (χ2v) is 5.09. The summed E-state index contributed by atoms with van der Waals surface area (Å²) in [7, 11) is 0. The summed E-state index contributed by atoms with van der Waals surface area (Å²) in [6, 6.07) is 0.233. The molecule has 17 heavy (non-hydrogen) atoms. The number of piperidine rings is 1. The zero-order valence-corrected chi connectivity index (χ0v) is 10.7. The third-order valence-corrected chi connectivity index (χ3v) is 3.42. The van der Waals surface area contributed by atoms with Gasteiger partial charge in [-0.2, -0.15) is 0 Å². The summed E-state index contributed by atoms with van der Waals surface area (Å²) in [6.45, 7) is 4.37. The predicted molar refractivity (Wildman–Crippen MR) is 66.0 cm³/mol. The highest BCUT2D eigenvalue weighted by molar-refractivity contribution is 5.80. The van der Waals surface area contributed by atoms with Crippen LogP contribution in [0.2, 0.25) is 0 Å². The van der Waals surface area contributed by atoms with Crippen molar-refractivity contribution >= 4 is 11.8 Å². The van der Waals surface area contributed by atoms with Gasteiger partial charge < -0.3 is 16.4 Å². The van der Waals surface area contributed by atoms with Gasteiger partial charge in [-0.25, -0.2) is 0 Å². The molecule has 3 atom stereocenters. The molecular weight excluding hydrogens is 218 g/mol. The van der Waals surface area contributed by atoms with Crippen molar-refractivity contribution in [2.24, 2.45) is 17.4 Å². The minimum atomic E-state index is -0.304. The van der Waals surface area contributed by atoms with E-state index in [4.69, 9.17) is 11.5 Å². The number of nitrogens with two attached hydrogens (primary N) is 2. The molecule has 98 valence electrons. The van der Waals surface area contributed by atoms with Crippen LogP contribution in [0, 0.1) is 5.92 Å². The predicted octanol–water partition coefficient (Wildman–Crippen LogP) is 0.226. The molecule has 0 aliphatic carbocycles. The first-order chi connectivity index (χ1) is 7.91. The highest BCUT2D eigenvalue weighted by Gasteiger charge is 2.31. The Bertz CT molecular complexity index is 291. The molecule has 0 radical (unpaired) electrons. The van der Waals surface area contributed by atoms with Crippen molar-refractivity contribution in [3.63, 3.8) is 0 Å². The number of likely N-dealkylation sites (tertiary alicyclic amines) is 1. The van der Waals surface area contributed by atoms with Crippen molar-refractivity contribution in [1.82, 2.24) is 4.90 Å². The van der Waals surface area contributed by atoms with Gasteiger partial charge in [0.2, 0.25) is 11.8 Å². The van der Waals surface area contributed by atoms with Gasteiger partial charge >= 0.3 is 0 Å². The molecule has 1 rings (SSSR count). The van der Waals surface area contributed by atoms with E-state index < -0.39 is 0 Å². The molecule has 1 aliphatic heterocycles. The van der Waals surface area contributed by atoms with E-state index in [2.05, 4.69) is 0 Å². The first-order valence-corrected chi connectivity index (χ1v) is 6.26. The average molecular weight is 241 g/mol. The summed E-state index contributed by atoms with van der Waals surface area (Å²) in [5, 5.41) is 0. The van der Waals surface area contributed by atoms with E-state index in [1.165, 1.54) is 0 Å². The molecule has 5 nitrogen and oxygen atoms in total. The van der Waals surface area contributed by atoms with Gasteiger partial charge in [0, 0.05) is 25.0 Å². The highest BCUT2D eigenvalue weighted by Crippen LogP contribution is 2.22. The zero-order valence-electron chi connectivity index (χ0n) is 10.7. The Morgan fingerprint density at radius 1 is 1.41 bits per heavy atom. The van der Waals surface area contributed by atoms with Crippen LogP contribution < -0.4 is 11.5 Å². The van der Waals surface area contributed by atoms with Crippen molar-refractivity contribution < 1.29 is 9.59 Å². The van der Waals surface area contributed by atoms with E-state index in [0.717, 1.165) is 12.8 Å². The lowest BCUT2D eigenvalue weighted by atomic mass is 9.92. The lowest BCUT2D eigenvalue weighted by Crippen LogP contribution is -2.48. The maximum atomic E-state index is 12.0. The Labute approximate surface area is 103 Å². The first kappa shape index (κ1) is 14.0. The van der Waals surface area contributed by atoms with Gasteiger partial charge in [-0.3, -0.25) is 9.59 Å². The van der Waals surface area contributed by atoms with Gasteiger partial charge in [0.1, 0.15) is 0 Å². The molecule has 2 amide bonds. The molecule has 4 N–H and O–H groups in total. The topological polar surface area (TPSA) is 89.4 Å². The lowest BCUT2D eigenvalue weighted by Gasteiger charge is -2.37. The fraction of sp³-hybridized carbons (Fsp3) is 0.833. The summed E-state index contributed by atoms with van der Waals surface area (Å²) in [5.41, 5.74) is 10.9. The van der Waals surface area contributed by atoms with E-state index in [1.807, 2.05) is 13.8 Å². The van der Waals surface area contributed by atoms with Gasteiger partial charge in [0.15, 0.2) is 0 Å². The molecule has 0 bridgehead atoms. The van der Waals surface area contributed by atoms with E-state index in [-0.39, 0.29) is 29.8 Å². The molecule has 1 saturated heterocycles. The third-order valence-electron chi connectivity index (χ3n) is 3.42. The smallest absolute Gasteiger partial charge is 0.222 e. The van der Waals surface area contributed by atoms with Crippen LogP contribution in [0.25, 0.3) is 0 Å². The molecule has 5 heteroatoms. The second-order valence-electron chi connectivity index (χ2n) is 5.09. The van der Waals surface area contributed by atoms with Crippen LogP contribution in [0.1, 0.15) is 39.5 Å². The third kappa shape index (κ3) is 4.00. The first-order valence-electron chi connectivity index (χ1n) is 6.26. The summed E-state index contributed by atoms with van der Waals surface area (Å²) < 4.78 is 0. The van der Waals surface area contributed by atoms with Crippen LogP contribution in [0.3, 0.4) is 0 Å². The Hall–Kier alpha value is -1.10. The molecule has 0 spiro atoms. The van der Waals surface area contributed by atoms with E-state index >= 15 is 0 Å². The number of nitrogens with zero attached hydrogens (tertiary/aromatic N) is 1. The van der Waals surface area contributed by atoms with Gasteiger partial charge in [0.05, 0.1) is 5.92 Å². The van der Waals surface area contributed by atoms with Crippen molar-refractivity contribution in [3.8, 4) is 0 Å². The van der Waals surface area contributed by atoms with Crippen LogP contribution in [-0.2, 0) is 9.59 Å². The minimum Gasteiger partial charge on any atom is -0.369 e. The second kappa shape index (κ2) is 6.00. The minimum absolute atomic E-state index is 0.0333. The van der Waals surface area contributed by atoms with Crippen LogP contribution >= 0.6 is 0 Å². The van der Waals surface area contributed by atoms with Crippen LogP contribution in [0.4, 0.5) is 0 Å². The van der Waals surface area contributed by atoms with E-state index in [0.29, 0.717) is 19.4 Å². The highest BCUT2D eigenvalue weighted by atomic mass is 16.2. The molecule has 1 heterocycles. The fourth-order valence-corrected chi connectivity index (χ4v) is 2.18. The van der Waals surface area contributed by atoms with Crippen molar-refractivity contribution in [1.29, 1.82) is 0 Å².